The van der Waals surface area contributed by atoms with Crippen molar-refractivity contribution in [2.45, 2.75) is 50.5 Å². The first-order valence-electron chi connectivity index (χ1n) is 7.16. The minimum absolute atomic E-state index is 0.0113. The molecule has 1 unspecified atom stereocenters. The van der Waals surface area contributed by atoms with E-state index >= 15 is 0 Å². The molecule has 1 aromatic rings. The van der Waals surface area contributed by atoms with Crippen molar-refractivity contribution in [2.24, 2.45) is 0 Å². The Balaban J connectivity index is 1.80. The van der Waals surface area contributed by atoms with Crippen molar-refractivity contribution in [2.75, 3.05) is 18.5 Å². The van der Waals surface area contributed by atoms with Gasteiger partial charge >= 0.3 is 5.97 Å². The second-order valence-corrected chi connectivity index (χ2v) is 6.99. The summed E-state index contributed by atoms with van der Waals surface area (Å²) in [5, 5.41) is 13.7. The van der Waals surface area contributed by atoms with Gasteiger partial charge in [0.1, 0.15) is 5.92 Å². The largest absolute Gasteiger partial charge is 0.481 e. The van der Waals surface area contributed by atoms with Gasteiger partial charge in [0.15, 0.2) is 5.13 Å². The SMILES string of the molecule is CC1(Nc2nc3c(s2)CCCC3C(=O)O)CCOCC1. The molecule has 0 aromatic carbocycles. The van der Waals surface area contributed by atoms with Gasteiger partial charge in [-0.15, -0.1) is 11.3 Å². The average molecular weight is 296 g/mol. The molecule has 1 fully saturated rings. The summed E-state index contributed by atoms with van der Waals surface area (Å²) in [6, 6.07) is 0. The Morgan fingerprint density at radius 3 is 2.95 bits per heavy atom. The number of carboxylic acids is 1. The zero-order valence-electron chi connectivity index (χ0n) is 11.6. The first-order chi connectivity index (χ1) is 9.57. The summed E-state index contributed by atoms with van der Waals surface area (Å²) in [7, 11) is 0. The van der Waals surface area contributed by atoms with Crippen molar-refractivity contribution >= 4 is 22.4 Å². The molecule has 5 nitrogen and oxygen atoms in total. The number of hydrogen-bond donors (Lipinski definition) is 2. The Morgan fingerprint density at radius 1 is 1.50 bits per heavy atom. The van der Waals surface area contributed by atoms with E-state index in [9.17, 15) is 9.90 Å². The number of nitrogens with zero attached hydrogens (tertiary/aromatic N) is 1. The first kappa shape index (κ1) is 13.8. The number of aryl methyl sites for hydroxylation is 1. The highest BCUT2D eigenvalue weighted by atomic mass is 32.1. The Kier molecular flexibility index (Phi) is 3.69. The van der Waals surface area contributed by atoms with Crippen LogP contribution in [0.5, 0.6) is 0 Å². The zero-order chi connectivity index (χ0) is 14.2. The lowest BCUT2D eigenvalue weighted by Gasteiger charge is -2.34. The van der Waals surface area contributed by atoms with Gasteiger partial charge in [-0.1, -0.05) is 0 Å². The third kappa shape index (κ3) is 2.67. The number of thiazole rings is 1. The molecule has 0 amide bonds. The molecular weight excluding hydrogens is 276 g/mol. The molecule has 1 aliphatic carbocycles. The highest BCUT2D eigenvalue weighted by Gasteiger charge is 2.32. The molecular formula is C14H20N2O3S. The monoisotopic (exact) mass is 296 g/mol. The van der Waals surface area contributed by atoms with Gasteiger partial charge in [0, 0.05) is 23.6 Å². The fourth-order valence-corrected chi connectivity index (χ4v) is 4.13. The third-order valence-corrected chi connectivity index (χ3v) is 5.30. The second-order valence-electron chi connectivity index (χ2n) is 5.91. The van der Waals surface area contributed by atoms with Gasteiger partial charge in [0.05, 0.1) is 5.69 Å². The van der Waals surface area contributed by atoms with Crippen molar-refractivity contribution in [1.82, 2.24) is 4.98 Å². The van der Waals surface area contributed by atoms with Gasteiger partial charge in [0.25, 0.3) is 0 Å². The summed E-state index contributed by atoms with van der Waals surface area (Å²) < 4.78 is 5.40. The Hall–Kier alpha value is -1.14. The third-order valence-electron chi connectivity index (χ3n) is 4.26. The molecule has 1 aliphatic heterocycles. The van der Waals surface area contributed by atoms with Crippen LogP contribution in [-0.4, -0.2) is 34.8 Å². The molecule has 1 atom stereocenters. The van der Waals surface area contributed by atoms with Crippen LogP contribution in [0.3, 0.4) is 0 Å². The lowest BCUT2D eigenvalue weighted by atomic mass is 9.91. The number of carboxylic acid groups (broad SMARTS) is 1. The van der Waals surface area contributed by atoms with Gasteiger partial charge in [-0.3, -0.25) is 4.79 Å². The molecule has 6 heteroatoms. The summed E-state index contributed by atoms with van der Waals surface area (Å²) in [4.78, 5) is 17.0. The van der Waals surface area contributed by atoms with Gasteiger partial charge in [-0.2, -0.15) is 0 Å². The fraction of sp³-hybridized carbons (Fsp3) is 0.714. The van der Waals surface area contributed by atoms with Crippen LogP contribution in [0.15, 0.2) is 0 Å². The van der Waals surface area contributed by atoms with Crippen LogP contribution in [0.4, 0.5) is 5.13 Å². The summed E-state index contributed by atoms with van der Waals surface area (Å²) in [5.41, 5.74) is 0.796. The number of anilines is 1. The lowest BCUT2D eigenvalue weighted by Crippen LogP contribution is -2.40. The highest BCUT2D eigenvalue weighted by molar-refractivity contribution is 7.15. The maximum absolute atomic E-state index is 11.3. The molecule has 2 N–H and O–H groups in total. The van der Waals surface area contributed by atoms with Crippen molar-refractivity contribution in [3.8, 4) is 0 Å². The smallest absolute Gasteiger partial charge is 0.312 e. The number of aliphatic carboxylic acids is 1. The Labute approximate surface area is 122 Å². The Morgan fingerprint density at radius 2 is 2.25 bits per heavy atom. The normalized spacial score (nSPS) is 24.9. The average Bonchev–Trinajstić information content (AvgIpc) is 2.80. The summed E-state index contributed by atoms with van der Waals surface area (Å²) in [5.74, 6) is -1.17. The molecule has 1 saturated heterocycles. The van der Waals surface area contributed by atoms with E-state index in [0.717, 1.165) is 54.6 Å². The Bertz CT molecular complexity index is 509. The van der Waals surface area contributed by atoms with Gasteiger partial charge in [0.2, 0.25) is 0 Å². The van der Waals surface area contributed by atoms with E-state index in [1.54, 1.807) is 11.3 Å². The van der Waals surface area contributed by atoms with Crippen LogP contribution in [0.2, 0.25) is 0 Å². The van der Waals surface area contributed by atoms with E-state index in [1.165, 1.54) is 0 Å². The molecule has 2 heterocycles. The van der Waals surface area contributed by atoms with Gasteiger partial charge in [-0.25, -0.2) is 4.98 Å². The molecule has 20 heavy (non-hydrogen) atoms. The molecule has 110 valence electrons. The second kappa shape index (κ2) is 5.33. The summed E-state index contributed by atoms with van der Waals surface area (Å²) in [6.45, 7) is 3.73. The minimum atomic E-state index is -0.750. The number of fused-ring (bicyclic) bond motifs is 1. The number of nitrogens with one attached hydrogen (secondary N) is 1. The van der Waals surface area contributed by atoms with E-state index in [2.05, 4.69) is 17.2 Å². The molecule has 0 spiro atoms. The predicted octanol–water partition coefficient (Wildman–Crippen LogP) is 2.63. The molecule has 1 aromatic heterocycles. The predicted molar refractivity (Wildman–Crippen MR) is 77.5 cm³/mol. The zero-order valence-corrected chi connectivity index (χ0v) is 12.5. The van der Waals surface area contributed by atoms with Crippen LogP contribution in [0, 0.1) is 0 Å². The number of ether oxygens (including phenoxy) is 1. The minimum Gasteiger partial charge on any atom is -0.481 e. The van der Waals surface area contributed by atoms with Crippen LogP contribution < -0.4 is 5.32 Å². The molecule has 0 radical (unpaired) electrons. The standard InChI is InChI=1S/C14H20N2O3S/c1-14(5-7-19-8-6-14)16-13-15-11-9(12(17)18)3-2-4-10(11)20-13/h9H,2-8H2,1H3,(H,15,16)(H,17,18). The molecule has 0 saturated carbocycles. The maximum atomic E-state index is 11.3. The van der Waals surface area contributed by atoms with E-state index in [0.29, 0.717) is 6.42 Å². The van der Waals surface area contributed by atoms with Crippen molar-refractivity contribution in [3.05, 3.63) is 10.6 Å². The van der Waals surface area contributed by atoms with E-state index in [4.69, 9.17) is 4.74 Å². The van der Waals surface area contributed by atoms with Crippen LogP contribution in [0.25, 0.3) is 0 Å². The lowest BCUT2D eigenvalue weighted by molar-refractivity contribution is -0.139. The van der Waals surface area contributed by atoms with Crippen LogP contribution in [0.1, 0.15) is 49.1 Å². The molecule has 2 aliphatic rings. The first-order valence-corrected chi connectivity index (χ1v) is 7.97. The van der Waals surface area contributed by atoms with Crippen LogP contribution >= 0.6 is 11.3 Å². The van der Waals surface area contributed by atoms with Gasteiger partial charge < -0.3 is 15.2 Å². The van der Waals surface area contributed by atoms with Crippen molar-refractivity contribution in [1.29, 1.82) is 0 Å². The topological polar surface area (TPSA) is 71.5 Å². The van der Waals surface area contributed by atoms with Gasteiger partial charge in [-0.05, 0) is 39.0 Å². The van der Waals surface area contributed by atoms with E-state index in [1.807, 2.05) is 0 Å². The number of aromatic nitrogens is 1. The molecule has 0 bridgehead atoms. The quantitative estimate of drug-likeness (QED) is 0.897. The van der Waals surface area contributed by atoms with Crippen molar-refractivity contribution in [3.63, 3.8) is 0 Å². The van der Waals surface area contributed by atoms with Crippen molar-refractivity contribution < 1.29 is 14.6 Å². The van der Waals surface area contributed by atoms with E-state index < -0.39 is 11.9 Å². The van der Waals surface area contributed by atoms with E-state index in [-0.39, 0.29) is 5.54 Å². The fourth-order valence-electron chi connectivity index (χ4n) is 2.92. The maximum Gasteiger partial charge on any atom is 0.312 e. The highest BCUT2D eigenvalue weighted by Crippen LogP contribution is 2.38. The number of carbonyl (C=O) groups is 1. The number of hydrogen-bond acceptors (Lipinski definition) is 5. The number of rotatable bonds is 3. The summed E-state index contributed by atoms with van der Waals surface area (Å²) >= 11 is 1.62. The summed E-state index contributed by atoms with van der Waals surface area (Å²) in [6.07, 6.45) is 4.52. The van der Waals surface area contributed by atoms with Crippen LogP contribution in [-0.2, 0) is 16.0 Å². The molecule has 3 rings (SSSR count).